The highest BCUT2D eigenvalue weighted by molar-refractivity contribution is 5.06. The molecular formula is C10H21N3. The first kappa shape index (κ1) is 9.44. The summed E-state index contributed by atoms with van der Waals surface area (Å²) in [4.78, 5) is 4.95. The minimum atomic E-state index is 0.385. The van der Waals surface area contributed by atoms with E-state index in [1.54, 1.807) is 0 Å². The largest absolute Gasteiger partial charge is 0.329 e. The molecule has 2 rings (SSSR count). The minimum absolute atomic E-state index is 0.385. The van der Waals surface area contributed by atoms with Gasteiger partial charge in [0.2, 0.25) is 0 Å². The molecular weight excluding hydrogens is 162 g/mol. The maximum Gasteiger partial charge on any atom is 0.0333 e. The fraction of sp³-hybridized carbons (Fsp3) is 1.00. The molecule has 1 unspecified atom stereocenters. The van der Waals surface area contributed by atoms with Crippen LogP contribution in [0.2, 0.25) is 0 Å². The Balaban J connectivity index is 1.93. The van der Waals surface area contributed by atoms with Gasteiger partial charge in [-0.2, -0.15) is 0 Å². The van der Waals surface area contributed by atoms with Crippen molar-refractivity contribution in [3.8, 4) is 0 Å². The fourth-order valence-corrected chi connectivity index (χ4v) is 2.46. The van der Waals surface area contributed by atoms with E-state index in [4.69, 9.17) is 5.73 Å². The van der Waals surface area contributed by atoms with Crippen molar-refractivity contribution in [3.05, 3.63) is 0 Å². The monoisotopic (exact) mass is 183 g/mol. The Bertz CT molecular complexity index is 189. The predicted octanol–water partition coefficient (Wildman–Crippen LogP) is 0.114. The van der Waals surface area contributed by atoms with E-state index in [9.17, 15) is 0 Å². The lowest BCUT2D eigenvalue weighted by molar-refractivity contribution is 0.161. The molecule has 0 spiro atoms. The number of likely N-dealkylation sites (N-methyl/N-ethyl adjacent to an activating group) is 2. The van der Waals surface area contributed by atoms with Crippen LogP contribution in [0.25, 0.3) is 0 Å². The van der Waals surface area contributed by atoms with Crippen LogP contribution < -0.4 is 5.73 Å². The van der Waals surface area contributed by atoms with Crippen LogP contribution >= 0.6 is 0 Å². The van der Waals surface area contributed by atoms with Crippen molar-refractivity contribution >= 4 is 0 Å². The van der Waals surface area contributed by atoms with Gasteiger partial charge in [-0.15, -0.1) is 0 Å². The van der Waals surface area contributed by atoms with E-state index >= 15 is 0 Å². The number of nitrogens with zero attached hydrogens (tertiary/aromatic N) is 2. The molecule has 0 aromatic heterocycles. The molecule has 2 fully saturated rings. The number of likely N-dealkylation sites (tertiary alicyclic amines) is 1. The van der Waals surface area contributed by atoms with Gasteiger partial charge in [0.25, 0.3) is 0 Å². The van der Waals surface area contributed by atoms with Crippen LogP contribution in [0.3, 0.4) is 0 Å². The minimum Gasteiger partial charge on any atom is -0.329 e. The molecule has 3 nitrogen and oxygen atoms in total. The Morgan fingerprint density at radius 2 is 2.23 bits per heavy atom. The van der Waals surface area contributed by atoms with Gasteiger partial charge in [-0.05, 0) is 39.9 Å². The third-order valence-electron chi connectivity index (χ3n) is 3.87. The lowest BCUT2D eigenvalue weighted by Gasteiger charge is -2.32. The lowest BCUT2D eigenvalue weighted by atomic mass is 10.1. The molecule has 0 aromatic rings. The van der Waals surface area contributed by atoms with Gasteiger partial charge in [-0.3, -0.25) is 4.90 Å². The van der Waals surface area contributed by atoms with Gasteiger partial charge in [0, 0.05) is 24.7 Å². The zero-order valence-electron chi connectivity index (χ0n) is 8.79. The van der Waals surface area contributed by atoms with E-state index in [0.717, 1.165) is 12.6 Å². The highest BCUT2D eigenvalue weighted by Gasteiger charge is 2.47. The van der Waals surface area contributed by atoms with Gasteiger partial charge < -0.3 is 10.6 Å². The van der Waals surface area contributed by atoms with E-state index < -0.39 is 0 Å². The fourth-order valence-electron chi connectivity index (χ4n) is 2.46. The van der Waals surface area contributed by atoms with Crippen molar-refractivity contribution in [1.29, 1.82) is 0 Å². The summed E-state index contributed by atoms with van der Waals surface area (Å²) in [6.07, 6.45) is 3.93. The van der Waals surface area contributed by atoms with Crippen molar-refractivity contribution in [2.75, 3.05) is 33.7 Å². The first-order valence-electron chi connectivity index (χ1n) is 5.29. The summed E-state index contributed by atoms with van der Waals surface area (Å²) in [5.74, 6) is 0. The summed E-state index contributed by atoms with van der Waals surface area (Å²) in [6, 6.07) is 0.746. The molecule has 1 aliphatic heterocycles. The normalized spacial score (nSPS) is 32.8. The predicted molar refractivity (Wildman–Crippen MR) is 54.7 cm³/mol. The zero-order chi connectivity index (χ0) is 9.47. The number of hydrogen-bond donors (Lipinski definition) is 1. The van der Waals surface area contributed by atoms with Crippen LogP contribution in [0, 0.1) is 0 Å². The van der Waals surface area contributed by atoms with Crippen molar-refractivity contribution in [1.82, 2.24) is 9.80 Å². The molecule has 0 aromatic carbocycles. The number of hydrogen-bond acceptors (Lipinski definition) is 3. The highest BCUT2D eigenvalue weighted by Crippen LogP contribution is 2.41. The molecule has 2 aliphatic rings. The van der Waals surface area contributed by atoms with Gasteiger partial charge in [0.15, 0.2) is 0 Å². The summed E-state index contributed by atoms with van der Waals surface area (Å²) in [5, 5.41) is 0. The summed E-state index contributed by atoms with van der Waals surface area (Å²) in [5.41, 5.74) is 6.20. The van der Waals surface area contributed by atoms with Crippen LogP contribution in [0.4, 0.5) is 0 Å². The maximum atomic E-state index is 5.82. The van der Waals surface area contributed by atoms with Crippen LogP contribution in [0.5, 0.6) is 0 Å². The van der Waals surface area contributed by atoms with E-state index in [1.165, 1.54) is 32.4 Å². The van der Waals surface area contributed by atoms with Crippen LogP contribution in [0.1, 0.15) is 19.3 Å². The second-order valence-corrected chi connectivity index (χ2v) is 4.74. The van der Waals surface area contributed by atoms with E-state index in [-0.39, 0.29) is 0 Å². The summed E-state index contributed by atoms with van der Waals surface area (Å²) < 4.78 is 0. The molecule has 2 N–H and O–H groups in total. The molecule has 13 heavy (non-hydrogen) atoms. The lowest BCUT2D eigenvalue weighted by Crippen LogP contribution is -2.47. The quantitative estimate of drug-likeness (QED) is 0.674. The van der Waals surface area contributed by atoms with Crippen molar-refractivity contribution in [2.45, 2.75) is 30.8 Å². The van der Waals surface area contributed by atoms with Crippen LogP contribution in [0.15, 0.2) is 0 Å². The molecule has 0 bridgehead atoms. The second kappa shape index (κ2) is 3.23. The topological polar surface area (TPSA) is 32.5 Å². The Morgan fingerprint density at radius 1 is 1.54 bits per heavy atom. The standard InChI is InChI=1S/C10H21N3/c1-12-6-3-9(7-12)13(2)10(8-11)4-5-10/h9H,3-8,11H2,1-2H3. The molecule has 1 heterocycles. The highest BCUT2D eigenvalue weighted by atomic mass is 15.3. The van der Waals surface area contributed by atoms with Gasteiger partial charge >= 0.3 is 0 Å². The Labute approximate surface area is 80.9 Å². The average Bonchev–Trinajstić information content (AvgIpc) is 2.82. The van der Waals surface area contributed by atoms with Crippen molar-refractivity contribution in [2.24, 2.45) is 5.73 Å². The third kappa shape index (κ3) is 1.60. The van der Waals surface area contributed by atoms with Crippen LogP contribution in [-0.4, -0.2) is 55.1 Å². The van der Waals surface area contributed by atoms with Crippen LogP contribution in [-0.2, 0) is 0 Å². The molecule has 0 radical (unpaired) electrons. The summed E-state index contributed by atoms with van der Waals surface area (Å²) in [6.45, 7) is 3.30. The second-order valence-electron chi connectivity index (χ2n) is 4.74. The van der Waals surface area contributed by atoms with E-state index in [2.05, 4.69) is 23.9 Å². The Hall–Kier alpha value is -0.120. The first-order valence-corrected chi connectivity index (χ1v) is 5.29. The molecule has 1 saturated heterocycles. The number of nitrogens with two attached hydrogens (primary N) is 1. The molecule has 76 valence electrons. The zero-order valence-corrected chi connectivity index (χ0v) is 8.79. The Kier molecular flexibility index (Phi) is 2.34. The van der Waals surface area contributed by atoms with Gasteiger partial charge in [0.05, 0.1) is 0 Å². The van der Waals surface area contributed by atoms with Crippen molar-refractivity contribution in [3.63, 3.8) is 0 Å². The van der Waals surface area contributed by atoms with E-state index in [1.807, 2.05) is 0 Å². The number of rotatable bonds is 3. The van der Waals surface area contributed by atoms with Gasteiger partial charge in [-0.1, -0.05) is 0 Å². The first-order chi connectivity index (χ1) is 6.18. The molecule has 1 atom stereocenters. The van der Waals surface area contributed by atoms with Crippen molar-refractivity contribution < 1.29 is 0 Å². The molecule has 1 aliphatic carbocycles. The van der Waals surface area contributed by atoms with Gasteiger partial charge in [-0.25, -0.2) is 0 Å². The Morgan fingerprint density at radius 3 is 2.62 bits per heavy atom. The summed E-state index contributed by atoms with van der Waals surface area (Å²) >= 11 is 0. The molecule has 0 amide bonds. The van der Waals surface area contributed by atoms with E-state index in [0.29, 0.717) is 5.54 Å². The van der Waals surface area contributed by atoms with Gasteiger partial charge in [0.1, 0.15) is 0 Å². The summed E-state index contributed by atoms with van der Waals surface area (Å²) in [7, 11) is 4.46. The maximum absolute atomic E-state index is 5.82. The SMILES string of the molecule is CN1CCC(N(C)C2(CN)CC2)C1. The molecule has 1 saturated carbocycles. The smallest absolute Gasteiger partial charge is 0.0333 e. The average molecular weight is 183 g/mol. The third-order valence-corrected chi connectivity index (χ3v) is 3.87. The molecule has 3 heteroatoms.